The third-order valence-electron chi connectivity index (χ3n) is 4.66. The molecule has 0 spiro atoms. The fourth-order valence-corrected chi connectivity index (χ4v) is 4.18. The van der Waals surface area contributed by atoms with Crippen LogP contribution in [0, 0.1) is 5.82 Å². The van der Waals surface area contributed by atoms with Crippen molar-refractivity contribution < 1.29 is 8.91 Å². The summed E-state index contributed by atoms with van der Waals surface area (Å²) in [6, 6.07) is 16.6. The average molecular weight is 421 g/mol. The molecule has 3 aromatic rings. The smallest absolute Gasteiger partial charge is 0.244 e. The Morgan fingerprint density at radius 1 is 1.18 bits per heavy atom. The minimum absolute atomic E-state index is 0. The summed E-state index contributed by atoms with van der Waals surface area (Å²) in [6.07, 6.45) is 0. The highest BCUT2D eigenvalue weighted by atomic mass is 35.5. The zero-order valence-corrected chi connectivity index (χ0v) is 17.0. The van der Waals surface area contributed by atoms with E-state index < -0.39 is 0 Å². The van der Waals surface area contributed by atoms with E-state index >= 15 is 0 Å². The lowest BCUT2D eigenvalue weighted by Gasteiger charge is -2.30. The Hall–Kier alpha value is -1.93. The molecule has 1 aromatic heterocycles. The van der Waals surface area contributed by atoms with Crippen LogP contribution in [-0.2, 0) is 0 Å². The van der Waals surface area contributed by atoms with E-state index in [2.05, 4.69) is 22.4 Å². The van der Waals surface area contributed by atoms with Crippen molar-refractivity contribution in [2.24, 2.45) is 0 Å². The van der Waals surface area contributed by atoms with Gasteiger partial charge in [-0.2, -0.15) is 4.98 Å². The summed E-state index contributed by atoms with van der Waals surface area (Å²) in [5.74, 6) is 1.01. The van der Waals surface area contributed by atoms with Crippen LogP contribution < -0.4 is 5.32 Å². The zero-order chi connectivity index (χ0) is 18.6. The zero-order valence-electron chi connectivity index (χ0n) is 15.4. The van der Waals surface area contributed by atoms with E-state index in [0.717, 1.165) is 30.1 Å². The number of halogens is 2. The lowest BCUT2D eigenvalue weighted by Crippen LogP contribution is -2.44. The number of aromatic nitrogens is 2. The summed E-state index contributed by atoms with van der Waals surface area (Å²) in [7, 11) is 2.07. The van der Waals surface area contributed by atoms with E-state index in [1.807, 2.05) is 30.3 Å². The molecule has 1 saturated heterocycles. The van der Waals surface area contributed by atoms with Gasteiger partial charge in [-0.05, 0) is 36.9 Å². The second kappa shape index (κ2) is 9.52. The lowest BCUT2D eigenvalue weighted by atomic mass is 10.1. The molecule has 0 aliphatic carbocycles. The van der Waals surface area contributed by atoms with Crippen molar-refractivity contribution in [3.05, 3.63) is 77.7 Å². The molecule has 5 nitrogen and oxygen atoms in total. The predicted octanol–water partition coefficient (Wildman–Crippen LogP) is 4.09. The van der Waals surface area contributed by atoms with Crippen molar-refractivity contribution >= 4 is 24.2 Å². The summed E-state index contributed by atoms with van der Waals surface area (Å²) in [6.45, 7) is 2.71. The highest BCUT2D eigenvalue weighted by Gasteiger charge is 2.28. The van der Waals surface area contributed by atoms with Gasteiger partial charge >= 0.3 is 0 Å². The van der Waals surface area contributed by atoms with Gasteiger partial charge in [0, 0.05) is 24.5 Å². The van der Waals surface area contributed by atoms with Crippen LogP contribution in [-0.4, -0.2) is 41.7 Å². The van der Waals surface area contributed by atoms with Gasteiger partial charge in [-0.15, -0.1) is 24.2 Å². The maximum absolute atomic E-state index is 13.3. The normalized spacial score (nSPS) is 18.4. The number of hydrogen-bond acceptors (Lipinski definition) is 6. The Morgan fingerprint density at radius 3 is 2.64 bits per heavy atom. The van der Waals surface area contributed by atoms with Crippen molar-refractivity contribution in [1.29, 1.82) is 0 Å². The number of thioether (sulfide) groups is 1. The number of hydrogen-bond donors (Lipinski definition) is 1. The SMILES string of the molecule is CN1CCNCC1c1noc(C(Sc2ccc(F)cc2)c2ccccc2)n1.Cl. The van der Waals surface area contributed by atoms with Crippen LogP contribution in [0.5, 0.6) is 0 Å². The first-order valence-corrected chi connectivity index (χ1v) is 9.80. The number of likely N-dealkylation sites (N-methyl/N-ethyl adjacent to an activating group) is 1. The molecule has 1 fully saturated rings. The molecule has 1 aliphatic rings. The first kappa shape index (κ1) is 20.8. The number of nitrogens with zero attached hydrogens (tertiary/aromatic N) is 3. The van der Waals surface area contributed by atoms with Gasteiger partial charge in [-0.3, -0.25) is 4.90 Å². The van der Waals surface area contributed by atoms with E-state index in [0.29, 0.717) is 11.7 Å². The molecule has 1 N–H and O–H groups in total. The molecule has 2 unspecified atom stereocenters. The van der Waals surface area contributed by atoms with Crippen molar-refractivity contribution in [2.75, 3.05) is 26.7 Å². The topological polar surface area (TPSA) is 54.2 Å². The molecule has 28 heavy (non-hydrogen) atoms. The van der Waals surface area contributed by atoms with Gasteiger partial charge in [0.1, 0.15) is 11.1 Å². The molecule has 1 aliphatic heterocycles. The van der Waals surface area contributed by atoms with Gasteiger partial charge in [0.05, 0.1) is 6.04 Å². The van der Waals surface area contributed by atoms with E-state index in [9.17, 15) is 4.39 Å². The molecule has 0 saturated carbocycles. The van der Waals surface area contributed by atoms with Crippen LogP contribution in [0.25, 0.3) is 0 Å². The Morgan fingerprint density at radius 2 is 1.93 bits per heavy atom. The molecule has 2 aromatic carbocycles. The van der Waals surface area contributed by atoms with Crippen molar-refractivity contribution in [2.45, 2.75) is 16.2 Å². The first-order chi connectivity index (χ1) is 13.2. The fourth-order valence-electron chi connectivity index (χ4n) is 3.12. The van der Waals surface area contributed by atoms with Gasteiger partial charge < -0.3 is 9.84 Å². The molecule has 2 heterocycles. The van der Waals surface area contributed by atoms with Crippen LogP contribution in [0.1, 0.15) is 28.6 Å². The predicted molar refractivity (Wildman–Crippen MR) is 110 cm³/mol. The minimum atomic E-state index is -0.247. The largest absolute Gasteiger partial charge is 0.338 e. The summed E-state index contributed by atoms with van der Waals surface area (Å²) in [4.78, 5) is 7.90. The Kier molecular flexibility index (Phi) is 7.07. The molecule has 0 amide bonds. The monoisotopic (exact) mass is 420 g/mol. The van der Waals surface area contributed by atoms with E-state index in [1.54, 1.807) is 23.9 Å². The fraction of sp³-hybridized carbons (Fsp3) is 0.300. The number of piperazine rings is 1. The van der Waals surface area contributed by atoms with Gasteiger partial charge in [-0.1, -0.05) is 35.5 Å². The molecule has 8 heteroatoms. The van der Waals surface area contributed by atoms with E-state index in [1.165, 1.54) is 12.1 Å². The van der Waals surface area contributed by atoms with Gasteiger partial charge in [0.25, 0.3) is 0 Å². The van der Waals surface area contributed by atoms with Crippen LogP contribution in [0.2, 0.25) is 0 Å². The third-order valence-corrected chi connectivity index (χ3v) is 5.91. The van der Waals surface area contributed by atoms with E-state index in [-0.39, 0.29) is 29.5 Å². The maximum Gasteiger partial charge on any atom is 0.244 e. The van der Waals surface area contributed by atoms with Crippen molar-refractivity contribution in [3.63, 3.8) is 0 Å². The standard InChI is InChI=1S/C20H21FN4OS.ClH/c1-25-12-11-22-13-17(25)19-23-20(26-24-19)18(14-5-3-2-4-6-14)27-16-9-7-15(21)8-10-16;/h2-10,17-18,22H,11-13H2,1H3;1H. The number of benzene rings is 2. The Labute approximate surface area is 174 Å². The molecule has 148 valence electrons. The van der Waals surface area contributed by atoms with Gasteiger partial charge in [0.15, 0.2) is 5.82 Å². The summed E-state index contributed by atoms with van der Waals surface area (Å²) >= 11 is 1.57. The Balaban J connectivity index is 0.00000225. The lowest BCUT2D eigenvalue weighted by molar-refractivity contribution is 0.190. The molecule has 2 atom stereocenters. The second-order valence-electron chi connectivity index (χ2n) is 6.55. The minimum Gasteiger partial charge on any atom is -0.338 e. The second-order valence-corrected chi connectivity index (χ2v) is 7.73. The molecule has 0 radical (unpaired) electrons. The molecular weight excluding hydrogens is 399 g/mol. The highest BCUT2D eigenvalue weighted by Crippen LogP contribution is 2.40. The van der Waals surface area contributed by atoms with Crippen LogP contribution in [0.3, 0.4) is 0 Å². The number of rotatable bonds is 5. The molecular formula is C20H22ClFN4OS. The van der Waals surface area contributed by atoms with Crippen LogP contribution >= 0.6 is 24.2 Å². The molecule has 0 bridgehead atoms. The maximum atomic E-state index is 13.3. The molecule has 4 rings (SSSR count). The number of nitrogens with one attached hydrogen (secondary N) is 1. The quantitative estimate of drug-likeness (QED) is 0.627. The van der Waals surface area contributed by atoms with Gasteiger partial charge in [-0.25, -0.2) is 4.39 Å². The summed E-state index contributed by atoms with van der Waals surface area (Å²) in [5.41, 5.74) is 1.07. The first-order valence-electron chi connectivity index (χ1n) is 8.92. The van der Waals surface area contributed by atoms with Crippen LogP contribution in [0.4, 0.5) is 4.39 Å². The highest BCUT2D eigenvalue weighted by molar-refractivity contribution is 7.99. The van der Waals surface area contributed by atoms with Crippen molar-refractivity contribution in [1.82, 2.24) is 20.4 Å². The Bertz CT molecular complexity index is 877. The summed E-state index contributed by atoms with van der Waals surface area (Å²) < 4.78 is 18.9. The third kappa shape index (κ3) is 4.72. The summed E-state index contributed by atoms with van der Waals surface area (Å²) in [5, 5.41) is 7.47. The van der Waals surface area contributed by atoms with Crippen molar-refractivity contribution in [3.8, 4) is 0 Å². The van der Waals surface area contributed by atoms with Crippen LogP contribution in [0.15, 0.2) is 64.0 Å². The van der Waals surface area contributed by atoms with Gasteiger partial charge in [0.2, 0.25) is 5.89 Å². The van der Waals surface area contributed by atoms with E-state index in [4.69, 9.17) is 9.51 Å². The average Bonchev–Trinajstić information content (AvgIpc) is 3.18.